The number of rotatable bonds is 3. The van der Waals surface area contributed by atoms with E-state index in [0.29, 0.717) is 30.2 Å². The van der Waals surface area contributed by atoms with Crippen LogP contribution in [0.4, 0.5) is 0 Å². The van der Waals surface area contributed by atoms with Crippen LogP contribution in [-0.4, -0.2) is 35.1 Å². The zero-order valence-electron chi connectivity index (χ0n) is 18.0. The van der Waals surface area contributed by atoms with E-state index in [9.17, 15) is 14.7 Å². The number of nitrogens with one attached hydrogen (secondary N) is 2. The Morgan fingerprint density at radius 3 is 2.54 bits per heavy atom. The lowest BCUT2D eigenvalue weighted by Crippen LogP contribution is -2.61. The lowest BCUT2D eigenvalue weighted by Gasteiger charge is -2.60. The number of carbonyl (C=O) groups excluding carboxylic acids is 2. The summed E-state index contributed by atoms with van der Waals surface area (Å²) in [6.45, 7) is 8.50. The Kier molecular flexibility index (Phi) is 4.84. The Balaban J connectivity index is 1.54. The van der Waals surface area contributed by atoms with Crippen LogP contribution in [0, 0.1) is 34.5 Å². The molecule has 3 saturated carbocycles. The first-order valence-corrected chi connectivity index (χ1v) is 11.3. The van der Waals surface area contributed by atoms with E-state index in [1.807, 2.05) is 13.8 Å². The second kappa shape index (κ2) is 6.72. The van der Waals surface area contributed by atoms with E-state index in [0.717, 1.165) is 32.1 Å². The molecule has 4 rings (SSSR count). The maximum absolute atomic E-state index is 13.1. The van der Waals surface area contributed by atoms with Crippen molar-refractivity contribution < 1.29 is 14.7 Å². The summed E-state index contributed by atoms with van der Waals surface area (Å²) in [6.07, 6.45) is 8.34. The Labute approximate surface area is 169 Å². The Bertz CT molecular complexity index is 662. The average molecular weight is 391 g/mol. The van der Waals surface area contributed by atoms with Crippen molar-refractivity contribution in [3.05, 3.63) is 0 Å². The standard InChI is InChI=1S/C23H38N2O3/c1-21(2,13-26)25-20(28)17-7-6-15-14-5-8-18-23(4,12-10-19(27)24-18)16(14)9-11-22(15,17)3/h14-18,26H,5-13H2,1-4H3,(H,24,27)(H,25,28)/t14-,15-,16-,17+,18+,22-,23+/m0/s1. The van der Waals surface area contributed by atoms with E-state index in [1.165, 1.54) is 12.8 Å². The molecule has 28 heavy (non-hydrogen) atoms. The molecular formula is C23H38N2O3. The van der Waals surface area contributed by atoms with E-state index in [4.69, 9.17) is 0 Å². The van der Waals surface area contributed by atoms with Crippen molar-refractivity contribution in [1.29, 1.82) is 0 Å². The summed E-state index contributed by atoms with van der Waals surface area (Å²) in [5.41, 5.74) is -0.274. The molecule has 1 aliphatic heterocycles. The third-order valence-electron chi connectivity index (χ3n) is 9.27. The molecule has 158 valence electrons. The highest BCUT2D eigenvalue weighted by molar-refractivity contribution is 5.80. The molecule has 4 aliphatic rings. The van der Waals surface area contributed by atoms with Gasteiger partial charge in [-0.3, -0.25) is 9.59 Å². The summed E-state index contributed by atoms with van der Waals surface area (Å²) in [5, 5.41) is 15.9. The molecule has 5 heteroatoms. The van der Waals surface area contributed by atoms with E-state index >= 15 is 0 Å². The van der Waals surface area contributed by atoms with Crippen LogP contribution in [0.1, 0.15) is 79.1 Å². The minimum atomic E-state index is -0.561. The smallest absolute Gasteiger partial charge is 0.224 e. The van der Waals surface area contributed by atoms with Gasteiger partial charge in [-0.1, -0.05) is 13.8 Å². The van der Waals surface area contributed by atoms with Gasteiger partial charge in [0.05, 0.1) is 12.1 Å². The molecular weight excluding hydrogens is 352 g/mol. The summed E-state index contributed by atoms with van der Waals surface area (Å²) in [5.74, 6) is 2.37. The second-order valence-corrected chi connectivity index (χ2v) is 11.3. The molecule has 4 fully saturated rings. The highest BCUT2D eigenvalue weighted by atomic mass is 16.3. The number of fused-ring (bicyclic) bond motifs is 5. The molecule has 3 N–H and O–H groups in total. The molecule has 0 aromatic heterocycles. The fourth-order valence-corrected chi connectivity index (χ4v) is 7.59. The molecule has 2 amide bonds. The third-order valence-corrected chi connectivity index (χ3v) is 9.27. The topological polar surface area (TPSA) is 78.4 Å². The minimum absolute atomic E-state index is 0.0399. The van der Waals surface area contributed by atoms with Crippen molar-refractivity contribution in [3.63, 3.8) is 0 Å². The molecule has 3 aliphatic carbocycles. The first-order chi connectivity index (χ1) is 13.1. The number of carbonyl (C=O) groups is 2. The van der Waals surface area contributed by atoms with E-state index < -0.39 is 5.54 Å². The van der Waals surface area contributed by atoms with E-state index in [-0.39, 0.29) is 35.2 Å². The fraction of sp³-hybridized carbons (Fsp3) is 0.913. The summed E-state index contributed by atoms with van der Waals surface area (Å²) >= 11 is 0. The maximum atomic E-state index is 13.1. The van der Waals surface area contributed by atoms with Crippen molar-refractivity contribution in [2.45, 2.75) is 90.6 Å². The normalized spacial score (nSPS) is 45.5. The Hall–Kier alpha value is -1.10. The van der Waals surface area contributed by atoms with Gasteiger partial charge in [0.1, 0.15) is 0 Å². The highest BCUT2D eigenvalue weighted by Gasteiger charge is 2.61. The van der Waals surface area contributed by atoms with Crippen LogP contribution in [0.15, 0.2) is 0 Å². The van der Waals surface area contributed by atoms with Crippen molar-refractivity contribution in [2.24, 2.45) is 34.5 Å². The molecule has 0 unspecified atom stereocenters. The van der Waals surface area contributed by atoms with E-state index in [2.05, 4.69) is 24.5 Å². The highest BCUT2D eigenvalue weighted by Crippen LogP contribution is 2.65. The zero-order chi connectivity index (χ0) is 20.3. The fourth-order valence-electron chi connectivity index (χ4n) is 7.59. The van der Waals surface area contributed by atoms with Crippen LogP contribution in [0.25, 0.3) is 0 Å². The summed E-state index contributed by atoms with van der Waals surface area (Å²) in [7, 11) is 0. The first-order valence-electron chi connectivity index (χ1n) is 11.3. The van der Waals surface area contributed by atoms with Crippen LogP contribution in [0.2, 0.25) is 0 Å². The summed E-state index contributed by atoms with van der Waals surface area (Å²) in [6, 6.07) is 0.338. The predicted molar refractivity (Wildman–Crippen MR) is 108 cm³/mol. The molecule has 5 nitrogen and oxygen atoms in total. The number of aliphatic hydroxyl groups is 1. The van der Waals surface area contributed by atoms with Crippen molar-refractivity contribution >= 4 is 11.8 Å². The number of aliphatic hydroxyl groups excluding tert-OH is 1. The van der Waals surface area contributed by atoms with Crippen molar-refractivity contribution in [3.8, 4) is 0 Å². The average Bonchev–Trinajstić information content (AvgIpc) is 2.99. The SMILES string of the molecule is CC(C)(CO)NC(=O)[C@H]1CC[C@H]2[C@@H]3CC[C@H]4NC(=O)CC[C@]4(C)[C@H]3CC[C@]12C. The van der Waals surface area contributed by atoms with Crippen LogP contribution in [0.3, 0.4) is 0 Å². The lowest BCUT2D eigenvalue weighted by atomic mass is 9.47. The van der Waals surface area contributed by atoms with Gasteiger partial charge in [-0.2, -0.15) is 0 Å². The lowest BCUT2D eigenvalue weighted by molar-refractivity contribution is -0.142. The largest absolute Gasteiger partial charge is 0.394 e. The third kappa shape index (κ3) is 3.00. The minimum Gasteiger partial charge on any atom is -0.394 e. The van der Waals surface area contributed by atoms with Gasteiger partial charge in [0.25, 0.3) is 0 Å². The predicted octanol–water partition coefficient (Wildman–Crippen LogP) is 3.01. The number of amides is 2. The van der Waals surface area contributed by atoms with Crippen LogP contribution >= 0.6 is 0 Å². The Morgan fingerprint density at radius 2 is 1.82 bits per heavy atom. The quantitative estimate of drug-likeness (QED) is 0.693. The Morgan fingerprint density at radius 1 is 1.11 bits per heavy atom. The first kappa shape index (κ1) is 20.2. The molecule has 0 bridgehead atoms. The molecule has 1 saturated heterocycles. The van der Waals surface area contributed by atoms with Gasteiger partial charge in [0.2, 0.25) is 11.8 Å². The van der Waals surface area contributed by atoms with Gasteiger partial charge in [0.15, 0.2) is 0 Å². The molecule has 1 heterocycles. The molecule has 7 atom stereocenters. The van der Waals surface area contributed by atoms with Gasteiger partial charge in [-0.05, 0) is 87.4 Å². The number of hydrogen-bond acceptors (Lipinski definition) is 3. The van der Waals surface area contributed by atoms with E-state index in [1.54, 1.807) is 0 Å². The maximum Gasteiger partial charge on any atom is 0.224 e. The molecule has 0 radical (unpaired) electrons. The van der Waals surface area contributed by atoms with Gasteiger partial charge in [-0.15, -0.1) is 0 Å². The van der Waals surface area contributed by atoms with Gasteiger partial charge in [0, 0.05) is 18.4 Å². The monoisotopic (exact) mass is 390 g/mol. The number of hydrogen-bond donors (Lipinski definition) is 3. The van der Waals surface area contributed by atoms with Gasteiger partial charge < -0.3 is 15.7 Å². The number of piperidine rings is 1. The van der Waals surface area contributed by atoms with Crippen LogP contribution in [-0.2, 0) is 9.59 Å². The van der Waals surface area contributed by atoms with Crippen LogP contribution < -0.4 is 10.6 Å². The van der Waals surface area contributed by atoms with Crippen molar-refractivity contribution in [2.75, 3.05) is 6.61 Å². The van der Waals surface area contributed by atoms with Gasteiger partial charge in [-0.25, -0.2) is 0 Å². The van der Waals surface area contributed by atoms with Gasteiger partial charge >= 0.3 is 0 Å². The molecule has 0 spiro atoms. The molecule has 0 aromatic rings. The zero-order valence-corrected chi connectivity index (χ0v) is 18.0. The van der Waals surface area contributed by atoms with Crippen LogP contribution in [0.5, 0.6) is 0 Å². The van der Waals surface area contributed by atoms with Crippen molar-refractivity contribution in [1.82, 2.24) is 10.6 Å². The summed E-state index contributed by atoms with van der Waals surface area (Å²) < 4.78 is 0. The second-order valence-electron chi connectivity index (χ2n) is 11.3. The summed E-state index contributed by atoms with van der Waals surface area (Å²) in [4.78, 5) is 25.0. The molecule has 0 aromatic carbocycles.